The fourth-order valence-corrected chi connectivity index (χ4v) is 0.348. The quantitative estimate of drug-likeness (QED) is 0.624. The molecular weight excluding hydrogens is 138 g/mol. The van der Waals surface area contributed by atoms with E-state index in [1.807, 2.05) is 0 Å². The van der Waals surface area contributed by atoms with Crippen molar-refractivity contribution in [3.05, 3.63) is 0 Å². The number of nitrogens with one attached hydrogen (secondary N) is 1. The Morgan fingerprint density at radius 2 is 1.89 bits per heavy atom. The van der Waals surface area contributed by atoms with Crippen molar-refractivity contribution in [2.75, 3.05) is 7.11 Å². The number of hydrogen-bond donors (Lipinski definition) is 1. The lowest BCUT2D eigenvalue weighted by atomic mass is 10.0. The van der Waals surface area contributed by atoms with Crippen LogP contribution in [0.2, 0.25) is 0 Å². The highest BCUT2D eigenvalue weighted by atomic mass is 35.5. The molecule has 0 bridgehead atoms. The molecule has 0 saturated carbocycles. The van der Waals surface area contributed by atoms with Gasteiger partial charge in [0.2, 0.25) is 0 Å². The number of rotatable bonds is 3. The molecule has 3 heteroatoms. The summed E-state index contributed by atoms with van der Waals surface area (Å²) in [6, 6.07) is 0. The topological polar surface area (TPSA) is 21.3 Å². The summed E-state index contributed by atoms with van der Waals surface area (Å²) < 4.78 is 0. The molecule has 2 nitrogen and oxygen atoms in total. The van der Waals surface area contributed by atoms with E-state index >= 15 is 0 Å². The fourth-order valence-electron chi connectivity index (χ4n) is 0.348. The molecule has 0 atom stereocenters. The molecule has 0 rings (SSSR count). The zero-order valence-electron chi connectivity index (χ0n) is 6.52. The van der Waals surface area contributed by atoms with Gasteiger partial charge in [0, 0.05) is 5.54 Å². The second-order valence-corrected chi connectivity index (χ2v) is 2.54. The van der Waals surface area contributed by atoms with E-state index < -0.39 is 0 Å². The van der Waals surface area contributed by atoms with Crippen LogP contribution in [-0.2, 0) is 4.84 Å². The maximum Gasteiger partial charge on any atom is 0.0572 e. The van der Waals surface area contributed by atoms with Crippen LogP contribution in [0.4, 0.5) is 0 Å². The van der Waals surface area contributed by atoms with E-state index in [1.165, 1.54) is 0 Å². The van der Waals surface area contributed by atoms with Crippen molar-refractivity contribution in [2.45, 2.75) is 32.7 Å². The summed E-state index contributed by atoms with van der Waals surface area (Å²) in [5, 5.41) is 0. The van der Waals surface area contributed by atoms with E-state index in [1.54, 1.807) is 7.11 Å². The molecular formula is C6H16ClNO. The Balaban J connectivity index is 0. The monoisotopic (exact) mass is 153 g/mol. The molecule has 9 heavy (non-hydrogen) atoms. The summed E-state index contributed by atoms with van der Waals surface area (Å²) >= 11 is 0. The average molecular weight is 154 g/mol. The minimum Gasteiger partial charge on any atom is -0.305 e. The molecule has 58 valence electrons. The van der Waals surface area contributed by atoms with Gasteiger partial charge in [0.25, 0.3) is 0 Å². The van der Waals surface area contributed by atoms with E-state index in [0.29, 0.717) is 0 Å². The van der Waals surface area contributed by atoms with Gasteiger partial charge in [-0.1, -0.05) is 6.92 Å². The van der Waals surface area contributed by atoms with Gasteiger partial charge in [0.1, 0.15) is 0 Å². The van der Waals surface area contributed by atoms with Gasteiger partial charge in [0.15, 0.2) is 0 Å². The third-order valence-electron chi connectivity index (χ3n) is 1.26. The maximum absolute atomic E-state index is 4.75. The van der Waals surface area contributed by atoms with Gasteiger partial charge in [-0.25, -0.2) is 0 Å². The molecule has 0 amide bonds. The van der Waals surface area contributed by atoms with Crippen LogP contribution in [0.5, 0.6) is 0 Å². The molecule has 0 aliphatic rings. The molecule has 0 aromatic heterocycles. The third kappa shape index (κ3) is 6.09. The van der Waals surface area contributed by atoms with Crippen molar-refractivity contribution >= 4 is 12.4 Å². The minimum absolute atomic E-state index is 0. The third-order valence-corrected chi connectivity index (χ3v) is 1.26. The van der Waals surface area contributed by atoms with Gasteiger partial charge in [-0.3, -0.25) is 0 Å². The molecule has 0 aliphatic heterocycles. The van der Waals surface area contributed by atoms with E-state index in [0.717, 1.165) is 6.42 Å². The first-order valence-electron chi connectivity index (χ1n) is 2.92. The maximum atomic E-state index is 4.75. The van der Waals surface area contributed by atoms with Crippen LogP contribution in [0.3, 0.4) is 0 Å². The Bertz CT molecular complexity index is 66.1. The molecule has 0 radical (unpaired) electrons. The first-order chi connectivity index (χ1) is 3.62. The second-order valence-electron chi connectivity index (χ2n) is 2.54. The molecule has 0 spiro atoms. The van der Waals surface area contributed by atoms with Gasteiger partial charge in [-0.2, -0.15) is 5.48 Å². The van der Waals surface area contributed by atoms with Gasteiger partial charge < -0.3 is 4.84 Å². The zero-order valence-corrected chi connectivity index (χ0v) is 7.34. The van der Waals surface area contributed by atoms with Crippen LogP contribution in [0.25, 0.3) is 0 Å². The first kappa shape index (κ1) is 11.9. The highest BCUT2D eigenvalue weighted by Gasteiger charge is 2.12. The Labute approximate surface area is 63.3 Å². The summed E-state index contributed by atoms with van der Waals surface area (Å²) in [5.74, 6) is 0. The molecule has 0 aliphatic carbocycles. The van der Waals surface area contributed by atoms with Crippen LogP contribution < -0.4 is 5.48 Å². The smallest absolute Gasteiger partial charge is 0.0572 e. The summed E-state index contributed by atoms with van der Waals surface area (Å²) in [6.07, 6.45) is 1.07. The molecule has 0 aromatic carbocycles. The fraction of sp³-hybridized carbons (Fsp3) is 1.00. The summed E-state index contributed by atoms with van der Waals surface area (Å²) in [7, 11) is 1.64. The lowest BCUT2D eigenvalue weighted by Crippen LogP contribution is -2.37. The van der Waals surface area contributed by atoms with Gasteiger partial charge in [-0.15, -0.1) is 12.4 Å². The van der Waals surface area contributed by atoms with Crippen molar-refractivity contribution in [3.63, 3.8) is 0 Å². The Morgan fingerprint density at radius 3 is 2.00 bits per heavy atom. The SMILES string of the molecule is CCC(C)(C)NOC.Cl. The highest BCUT2D eigenvalue weighted by Crippen LogP contribution is 2.05. The summed E-state index contributed by atoms with van der Waals surface area (Å²) in [6.45, 7) is 6.30. The summed E-state index contributed by atoms with van der Waals surface area (Å²) in [5.41, 5.74) is 2.99. The van der Waals surface area contributed by atoms with Crippen LogP contribution in [0.1, 0.15) is 27.2 Å². The number of halogens is 1. The molecule has 0 fully saturated rings. The van der Waals surface area contributed by atoms with Crippen molar-refractivity contribution in [3.8, 4) is 0 Å². The Morgan fingerprint density at radius 1 is 1.44 bits per heavy atom. The predicted octanol–water partition coefficient (Wildman–Crippen LogP) is 1.75. The van der Waals surface area contributed by atoms with Gasteiger partial charge in [-0.05, 0) is 20.3 Å². The van der Waals surface area contributed by atoms with Crippen LogP contribution in [0.15, 0.2) is 0 Å². The van der Waals surface area contributed by atoms with E-state index in [-0.39, 0.29) is 17.9 Å². The van der Waals surface area contributed by atoms with Crippen LogP contribution in [-0.4, -0.2) is 12.6 Å². The normalized spacial score (nSPS) is 10.7. The molecule has 0 saturated heterocycles. The lowest BCUT2D eigenvalue weighted by molar-refractivity contribution is 0.0258. The van der Waals surface area contributed by atoms with Crippen molar-refractivity contribution in [1.29, 1.82) is 0 Å². The standard InChI is InChI=1S/C6H15NO.ClH/c1-5-6(2,3)7-8-4;/h7H,5H2,1-4H3;1H. The van der Waals surface area contributed by atoms with Gasteiger partial charge >= 0.3 is 0 Å². The van der Waals surface area contributed by atoms with Crippen molar-refractivity contribution in [1.82, 2.24) is 5.48 Å². The molecule has 0 unspecified atom stereocenters. The van der Waals surface area contributed by atoms with Crippen LogP contribution >= 0.6 is 12.4 Å². The number of hydrogen-bond acceptors (Lipinski definition) is 2. The highest BCUT2D eigenvalue weighted by molar-refractivity contribution is 5.85. The minimum atomic E-state index is 0. The first-order valence-corrected chi connectivity index (χ1v) is 2.92. The zero-order chi connectivity index (χ0) is 6.62. The summed E-state index contributed by atoms with van der Waals surface area (Å²) in [4.78, 5) is 4.75. The molecule has 1 N–H and O–H groups in total. The van der Waals surface area contributed by atoms with E-state index in [9.17, 15) is 0 Å². The molecule has 0 aromatic rings. The van der Waals surface area contributed by atoms with Gasteiger partial charge in [0.05, 0.1) is 7.11 Å². The van der Waals surface area contributed by atoms with E-state index in [4.69, 9.17) is 4.84 Å². The largest absolute Gasteiger partial charge is 0.305 e. The Hall–Kier alpha value is 0.210. The van der Waals surface area contributed by atoms with Crippen molar-refractivity contribution in [2.24, 2.45) is 0 Å². The molecule has 0 heterocycles. The lowest BCUT2D eigenvalue weighted by Gasteiger charge is -2.21. The van der Waals surface area contributed by atoms with Crippen LogP contribution in [0, 0.1) is 0 Å². The Kier molecular flexibility index (Phi) is 6.68. The average Bonchev–Trinajstić information content (AvgIpc) is 1.67. The predicted molar refractivity (Wildman–Crippen MR) is 41.8 cm³/mol. The van der Waals surface area contributed by atoms with E-state index in [2.05, 4.69) is 26.3 Å². The second kappa shape index (κ2) is 5.03. The number of hydroxylamine groups is 1. The van der Waals surface area contributed by atoms with Crippen molar-refractivity contribution < 1.29 is 4.84 Å².